The fraction of sp³-hybridized carbons (Fsp3) is 0.562. The fourth-order valence-electron chi connectivity index (χ4n) is 3.17. The number of ether oxygens (including phenoxy) is 1. The number of hydrogen-bond donors (Lipinski definition) is 0. The number of hydrogen-bond acceptors (Lipinski definition) is 4. The summed E-state index contributed by atoms with van der Waals surface area (Å²) in [4.78, 5) is 14.5. The summed E-state index contributed by atoms with van der Waals surface area (Å²) in [5.74, 6) is 0.137. The fourth-order valence-corrected chi connectivity index (χ4v) is 4.90. The van der Waals surface area contributed by atoms with Crippen molar-refractivity contribution in [3.05, 3.63) is 35.9 Å². The van der Waals surface area contributed by atoms with Gasteiger partial charge in [0.25, 0.3) is 5.91 Å². The molecule has 1 aromatic rings. The van der Waals surface area contributed by atoms with E-state index in [-0.39, 0.29) is 29.6 Å². The molecule has 6 heteroatoms. The van der Waals surface area contributed by atoms with Gasteiger partial charge in [-0.25, -0.2) is 8.42 Å². The van der Waals surface area contributed by atoms with Crippen LogP contribution in [0.3, 0.4) is 0 Å². The van der Waals surface area contributed by atoms with Crippen molar-refractivity contribution in [1.82, 2.24) is 4.90 Å². The highest BCUT2D eigenvalue weighted by Gasteiger charge is 2.36. The maximum absolute atomic E-state index is 12.8. The van der Waals surface area contributed by atoms with Crippen LogP contribution < -0.4 is 0 Å². The van der Waals surface area contributed by atoms with Crippen molar-refractivity contribution in [2.75, 3.05) is 24.7 Å². The number of sulfone groups is 1. The molecule has 0 saturated carbocycles. The number of benzene rings is 1. The molecule has 2 fully saturated rings. The highest BCUT2D eigenvalue weighted by atomic mass is 32.2. The number of carbonyl (C=O) groups excluding carboxylic acids is 1. The molecule has 2 heterocycles. The molecule has 2 aliphatic rings. The minimum absolute atomic E-state index is 0.0240. The van der Waals surface area contributed by atoms with E-state index in [1.165, 1.54) is 0 Å². The predicted octanol–water partition coefficient (Wildman–Crippen LogP) is 1.49. The van der Waals surface area contributed by atoms with Gasteiger partial charge in [0.15, 0.2) is 9.84 Å². The van der Waals surface area contributed by atoms with Gasteiger partial charge in [0, 0.05) is 24.8 Å². The largest absolute Gasteiger partial charge is 0.376 e. The van der Waals surface area contributed by atoms with Crippen molar-refractivity contribution in [1.29, 1.82) is 0 Å². The van der Waals surface area contributed by atoms with E-state index in [0.29, 0.717) is 18.5 Å². The van der Waals surface area contributed by atoms with Crippen molar-refractivity contribution in [2.45, 2.75) is 31.4 Å². The van der Waals surface area contributed by atoms with Gasteiger partial charge < -0.3 is 9.64 Å². The normalized spacial score (nSPS) is 26.9. The Morgan fingerprint density at radius 1 is 1.23 bits per heavy atom. The second kappa shape index (κ2) is 6.38. The highest BCUT2D eigenvalue weighted by molar-refractivity contribution is 7.91. The zero-order valence-corrected chi connectivity index (χ0v) is 13.3. The van der Waals surface area contributed by atoms with Gasteiger partial charge >= 0.3 is 0 Å². The average molecular weight is 323 g/mol. The highest BCUT2D eigenvalue weighted by Crippen LogP contribution is 2.23. The quantitative estimate of drug-likeness (QED) is 0.842. The first kappa shape index (κ1) is 15.5. The van der Waals surface area contributed by atoms with E-state index in [1.807, 2.05) is 18.2 Å². The van der Waals surface area contributed by atoms with E-state index in [2.05, 4.69) is 0 Å². The Morgan fingerprint density at radius 2 is 2.00 bits per heavy atom. The lowest BCUT2D eigenvalue weighted by atomic mass is 10.1. The van der Waals surface area contributed by atoms with E-state index in [1.54, 1.807) is 17.0 Å². The summed E-state index contributed by atoms with van der Waals surface area (Å²) in [6.45, 7) is 1.20. The first-order valence-electron chi connectivity index (χ1n) is 7.73. The Balaban J connectivity index is 1.80. The molecular formula is C16H21NO4S. The molecule has 0 radical (unpaired) electrons. The Kier molecular flexibility index (Phi) is 4.49. The van der Waals surface area contributed by atoms with E-state index < -0.39 is 9.84 Å². The number of carbonyl (C=O) groups is 1. The molecule has 2 saturated heterocycles. The zero-order valence-electron chi connectivity index (χ0n) is 12.5. The van der Waals surface area contributed by atoms with E-state index in [0.717, 1.165) is 19.4 Å². The first-order chi connectivity index (χ1) is 10.6. The van der Waals surface area contributed by atoms with Crippen molar-refractivity contribution in [2.24, 2.45) is 0 Å². The molecule has 0 N–H and O–H groups in total. The number of amides is 1. The summed E-state index contributed by atoms with van der Waals surface area (Å²) in [7, 11) is -3.02. The average Bonchev–Trinajstić information content (AvgIpc) is 3.14. The summed E-state index contributed by atoms with van der Waals surface area (Å²) < 4.78 is 29.2. The van der Waals surface area contributed by atoms with Gasteiger partial charge in [0.1, 0.15) is 0 Å². The summed E-state index contributed by atoms with van der Waals surface area (Å²) in [5.41, 5.74) is 0.602. The molecule has 0 spiro atoms. The van der Waals surface area contributed by atoms with Crippen LogP contribution in [0.2, 0.25) is 0 Å². The van der Waals surface area contributed by atoms with Gasteiger partial charge in [-0.15, -0.1) is 0 Å². The third-order valence-electron chi connectivity index (χ3n) is 4.36. The molecule has 0 aromatic heterocycles. The first-order valence-corrected chi connectivity index (χ1v) is 9.55. The molecule has 0 bridgehead atoms. The topological polar surface area (TPSA) is 63.7 Å². The summed E-state index contributed by atoms with van der Waals surface area (Å²) in [6.07, 6.45) is 2.48. The van der Waals surface area contributed by atoms with Crippen LogP contribution in [0.5, 0.6) is 0 Å². The molecule has 2 atom stereocenters. The Morgan fingerprint density at radius 3 is 2.59 bits per heavy atom. The lowest BCUT2D eigenvalue weighted by Crippen LogP contribution is -2.45. The zero-order chi connectivity index (χ0) is 15.6. The van der Waals surface area contributed by atoms with Crippen molar-refractivity contribution < 1.29 is 17.9 Å². The molecule has 5 nitrogen and oxygen atoms in total. The van der Waals surface area contributed by atoms with E-state index in [9.17, 15) is 13.2 Å². The summed E-state index contributed by atoms with van der Waals surface area (Å²) in [6, 6.07) is 8.82. The van der Waals surface area contributed by atoms with E-state index >= 15 is 0 Å². The molecule has 0 unspecified atom stereocenters. The second-order valence-corrected chi connectivity index (χ2v) is 8.24. The van der Waals surface area contributed by atoms with E-state index in [4.69, 9.17) is 4.74 Å². The lowest BCUT2D eigenvalue weighted by molar-refractivity contribution is 0.0441. The van der Waals surface area contributed by atoms with Crippen LogP contribution >= 0.6 is 0 Å². The third-order valence-corrected chi connectivity index (χ3v) is 6.11. The van der Waals surface area contributed by atoms with Gasteiger partial charge in [0.2, 0.25) is 0 Å². The summed E-state index contributed by atoms with van der Waals surface area (Å²) in [5, 5.41) is 0. The molecule has 1 amide bonds. The minimum atomic E-state index is -3.02. The van der Waals surface area contributed by atoms with Gasteiger partial charge in [-0.05, 0) is 31.4 Å². The lowest BCUT2D eigenvalue weighted by Gasteiger charge is -2.30. The second-order valence-electron chi connectivity index (χ2n) is 6.02. The van der Waals surface area contributed by atoms with Gasteiger partial charge in [-0.1, -0.05) is 18.2 Å². The predicted molar refractivity (Wildman–Crippen MR) is 83.5 cm³/mol. The summed E-state index contributed by atoms with van der Waals surface area (Å²) >= 11 is 0. The Bertz CT molecular complexity index is 623. The van der Waals surface area contributed by atoms with Crippen LogP contribution in [0.15, 0.2) is 30.3 Å². The third kappa shape index (κ3) is 3.50. The molecule has 2 aliphatic heterocycles. The van der Waals surface area contributed by atoms with Crippen LogP contribution in [0.25, 0.3) is 0 Å². The van der Waals surface area contributed by atoms with Crippen molar-refractivity contribution in [3.8, 4) is 0 Å². The van der Waals surface area contributed by atoms with Crippen LogP contribution in [0.4, 0.5) is 0 Å². The van der Waals surface area contributed by atoms with Crippen LogP contribution in [-0.4, -0.2) is 56.0 Å². The van der Waals surface area contributed by atoms with Gasteiger partial charge in [0.05, 0.1) is 17.6 Å². The smallest absolute Gasteiger partial charge is 0.254 e. The maximum Gasteiger partial charge on any atom is 0.254 e. The van der Waals surface area contributed by atoms with Crippen LogP contribution in [0, 0.1) is 0 Å². The van der Waals surface area contributed by atoms with Crippen LogP contribution in [0.1, 0.15) is 29.6 Å². The van der Waals surface area contributed by atoms with Gasteiger partial charge in [-0.3, -0.25) is 4.79 Å². The molecule has 3 rings (SSSR count). The van der Waals surface area contributed by atoms with Crippen LogP contribution in [-0.2, 0) is 14.6 Å². The minimum Gasteiger partial charge on any atom is -0.376 e. The molecular weight excluding hydrogens is 302 g/mol. The molecule has 22 heavy (non-hydrogen) atoms. The number of rotatable bonds is 4. The maximum atomic E-state index is 12.8. The molecule has 1 aromatic carbocycles. The Hall–Kier alpha value is -1.40. The number of nitrogens with zero attached hydrogens (tertiary/aromatic N) is 1. The molecule has 120 valence electrons. The SMILES string of the molecule is O=C(c1ccccc1)N(C[C@@H]1CCCO1)[C@H]1CCS(=O)(=O)C1. The van der Waals surface area contributed by atoms with Crippen molar-refractivity contribution in [3.63, 3.8) is 0 Å². The Labute approximate surface area is 131 Å². The molecule has 0 aliphatic carbocycles. The van der Waals surface area contributed by atoms with Gasteiger partial charge in [-0.2, -0.15) is 0 Å². The standard InChI is InChI=1S/C16H21NO4S/c18-16(13-5-2-1-3-6-13)17(11-15-7-4-9-21-15)14-8-10-22(19,20)12-14/h1-3,5-6,14-15H,4,7-12H2/t14-,15-/m0/s1. The van der Waals surface area contributed by atoms with Crippen molar-refractivity contribution >= 4 is 15.7 Å². The monoisotopic (exact) mass is 323 g/mol.